The monoisotopic (exact) mass is 439 g/mol. The average molecular weight is 440 g/mol. The Bertz CT molecular complexity index is 886. The van der Waals surface area contributed by atoms with Crippen LogP contribution in [0, 0.1) is 0 Å². The summed E-state index contributed by atoms with van der Waals surface area (Å²) < 4.78 is 6.51. The standard InChI is InChI=1S/C19H26ClN5O3S/c1-19(2,27)17(26)25-5-3-23(4-6-25)12-13-11-14-15(29-13)16(22-18(20)21-14)24-7-9-28-10-8-24/h11,27H,3-10,12H2,1-2H3. The first-order chi connectivity index (χ1) is 13.8. The van der Waals surface area contributed by atoms with E-state index in [2.05, 4.69) is 25.8 Å². The van der Waals surface area contributed by atoms with Crippen molar-refractivity contribution < 1.29 is 14.6 Å². The maximum atomic E-state index is 12.2. The number of hydrogen-bond donors (Lipinski definition) is 1. The van der Waals surface area contributed by atoms with Crippen LogP contribution in [0.15, 0.2) is 6.07 Å². The largest absolute Gasteiger partial charge is 0.381 e. The van der Waals surface area contributed by atoms with Crippen molar-refractivity contribution in [3.63, 3.8) is 0 Å². The molecule has 2 aliphatic rings. The van der Waals surface area contributed by atoms with E-state index in [9.17, 15) is 9.90 Å². The fraction of sp³-hybridized carbons (Fsp3) is 0.632. The molecule has 2 aromatic rings. The molecule has 2 saturated heterocycles. The van der Waals surface area contributed by atoms with Crippen LogP contribution < -0.4 is 4.90 Å². The van der Waals surface area contributed by atoms with Gasteiger partial charge in [-0.1, -0.05) is 0 Å². The van der Waals surface area contributed by atoms with Crippen molar-refractivity contribution in [3.8, 4) is 0 Å². The van der Waals surface area contributed by atoms with E-state index in [1.165, 1.54) is 18.7 Å². The summed E-state index contributed by atoms with van der Waals surface area (Å²) in [5, 5.41) is 10.2. The van der Waals surface area contributed by atoms with Crippen molar-refractivity contribution >= 4 is 44.9 Å². The molecule has 0 atom stereocenters. The third kappa shape index (κ3) is 4.64. The number of nitrogens with zero attached hydrogens (tertiary/aromatic N) is 5. The molecule has 158 valence electrons. The lowest BCUT2D eigenvalue weighted by Gasteiger charge is -2.36. The number of piperazine rings is 1. The molecule has 29 heavy (non-hydrogen) atoms. The second-order valence-corrected chi connectivity index (χ2v) is 9.44. The van der Waals surface area contributed by atoms with Gasteiger partial charge < -0.3 is 19.6 Å². The number of rotatable bonds is 4. The molecule has 2 fully saturated rings. The number of amides is 1. The van der Waals surface area contributed by atoms with Crippen LogP contribution >= 0.6 is 22.9 Å². The normalized spacial score (nSPS) is 19.2. The van der Waals surface area contributed by atoms with E-state index >= 15 is 0 Å². The first-order valence-corrected chi connectivity index (χ1v) is 11.0. The molecule has 1 amide bonds. The molecule has 4 heterocycles. The van der Waals surface area contributed by atoms with Crippen LogP contribution in [-0.2, 0) is 16.1 Å². The minimum atomic E-state index is -1.32. The molecule has 0 aromatic carbocycles. The fourth-order valence-corrected chi connectivity index (χ4v) is 5.05. The summed E-state index contributed by atoms with van der Waals surface area (Å²) in [7, 11) is 0. The zero-order valence-corrected chi connectivity index (χ0v) is 18.3. The number of morpholine rings is 1. The van der Waals surface area contributed by atoms with E-state index in [4.69, 9.17) is 16.3 Å². The van der Waals surface area contributed by atoms with Gasteiger partial charge in [-0.05, 0) is 31.5 Å². The van der Waals surface area contributed by atoms with E-state index < -0.39 is 5.60 Å². The Morgan fingerprint density at radius 3 is 2.55 bits per heavy atom. The topological polar surface area (TPSA) is 82.0 Å². The molecule has 8 nitrogen and oxygen atoms in total. The van der Waals surface area contributed by atoms with Crippen LogP contribution in [0.25, 0.3) is 10.2 Å². The molecule has 0 radical (unpaired) electrons. The Hall–Kier alpha value is -1.52. The molecular formula is C19H26ClN5O3S. The van der Waals surface area contributed by atoms with E-state index in [1.54, 1.807) is 16.2 Å². The van der Waals surface area contributed by atoms with Crippen molar-refractivity contribution in [2.45, 2.75) is 26.0 Å². The van der Waals surface area contributed by atoms with Crippen LogP contribution in [0.1, 0.15) is 18.7 Å². The Labute approximate surface area is 179 Å². The van der Waals surface area contributed by atoms with Crippen molar-refractivity contribution in [1.29, 1.82) is 0 Å². The van der Waals surface area contributed by atoms with Crippen molar-refractivity contribution in [2.75, 3.05) is 57.4 Å². The van der Waals surface area contributed by atoms with Crippen LogP contribution in [0.2, 0.25) is 5.28 Å². The van der Waals surface area contributed by atoms with Gasteiger partial charge in [0.1, 0.15) is 5.60 Å². The van der Waals surface area contributed by atoms with Crippen LogP contribution in [-0.4, -0.2) is 88.9 Å². The minimum absolute atomic E-state index is 0.209. The first-order valence-electron chi connectivity index (χ1n) is 9.84. The van der Waals surface area contributed by atoms with Gasteiger partial charge in [-0.25, -0.2) is 4.98 Å². The Kier molecular flexibility index (Phi) is 5.94. The second kappa shape index (κ2) is 8.31. The zero-order valence-electron chi connectivity index (χ0n) is 16.7. The smallest absolute Gasteiger partial charge is 0.254 e. The predicted molar refractivity (Wildman–Crippen MR) is 114 cm³/mol. The number of aliphatic hydroxyl groups is 1. The lowest BCUT2D eigenvalue weighted by Crippen LogP contribution is -2.53. The highest BCUT2D eigenvalue weighted by molar-refractivity contribution is 7.19. The molecular weight excluding hydrogens is 414 g/mol. The first kappa shape index (κ1) is 20.7. The Morgan fingerprint density at radius 1 is 1.21 bits per heavy atom. The van der Waals surface area contributed by atoms with Crippen LogP contribution in [0.4, 0.5) is 5.82 Å². The average Bonchev–Trinajstić information content (AvgIpc) is 3.09. The molecule has 0 bridgehead atoms. The Morgan fingerprint density at radius 2 is 1.90 bits per heavy atom. The van der Waals surface area contributed by atoms with E-state index in [0.29, 0.717) is 26.3 Å². The maximum Gasteiger partial charge on any atom is 0.254 e. The molecule has 4 rings (SSSR count). The zero-order chi connectivity index (χ0) is 20.6. The SMILES string of the molecule is CC(C)(O)C(=O)N1CCN(Cc2cc3nc(Cl)nc(N4CCOCC4)c3s2)CC1. The summed E-state index contributed by atoms with van der Waals surface area (Å²) in [5.74, 6) is 0.680. The van der Waals surface area contributed by atoms with Crippen LogP contribution in [0.3, 0.4) is 0 Å². The number of hydrogen-bond acceptors (Lipinski definition) is 8. The molecule has 0 unspecified atom stereocenters. The molecule has 2 aliphatic heterocycles. The summed E-state index contributed by atoms with van der Waals surface area (Å²) in [6.45, 7) is 9.65. The van der Waals surface area contributed by atoms with Gasteiger partial charge in [0.2, 0.25) is 5.28 Å². The van der Waals surface area contributed by atoms with Crippen LogP contribution in [0.5, 0.6) is 0 Å². The highest BCUT2D eigenvalue weighted by Gasteiger charge is 2.31. The van der Waals surface area contributed by atoms with Gasteiger partial charge in [-0.2, -0.15) is 4.98 Å². The van der Waals surface area contributed by atoms with Gasteiger partial charge in [0.15, 0.2) is 5.82 Å². The van der Waals surface area contributed by atoms with E-state index in [-0.39, 0.29) is 11.2 Å². The maximum absolute atomic E-state index is 12.2. The number of carbonyl (C=O) groups is 1. The predicted octanol–water partition coefficient (Wildman–Crippen LogP) is 1.60. The van der Waals surface area contributed by atoms with E-state index in [1.807, 2.05) is 0 Å². The summed E-state index contributed by atoms with van der Waals surface area (Å²) in [6, 6.07) is 2.09. The summed E-state index contributed by atoms with van der Waals surface area (Å²) >= 11 is 7.89. The fourth-order valence-electron chi connectivity index (χ4n) is 3.72. The highest BCUT2D eigenvalue weighted by atomic mass is 35.5. The third-order valence-electron chi connectivity index (χ3n) is 5.25. The summed E-state index contributed by atoms with van der Waals surface area (Å²) in [5.41, 5.74) is -0.441. The van der Waals surface area contributed by atoms with Crippen molar-refractivity contribution in [3.05, 3.63) is 16.2 Å². The van der Waals surface area contributed by atoms with Gasteiger partial charge in [0.25, 0.3) is 5.91 Å². The number of ether oxygens (including phenoxy) is 1. The second-order valence-electron chi connectivity index (χ2n) is 7.97. The molecule has 0 saturated carbocycles. The molecule has 10 heteroatoms. The minimum Gasteiger partial charge on any atom is -0.381 e. The molecule has 2 aromatic heterocycles. The number of aromatic nitrogens is 2. The Balaban J connectivity index is 1.46. The molecule has 1 N–H and O–H groups in total. The number of thiophene rings is 1. The molecule has 0 spiro atoms. The highest BCUT2D eigenvalue weighted by Crippen LogP contribution is 2.34. The van der Waals surface area contributed by atoms with Gasteiger partial charge >= 0.3 is 0 Å². The van der Waals surface area contributed by atoms with Gasteiger partial charge in [-0.15, -0.1) is 11.3 Å². The third-order valence-corrected chi connectivity index (χ3v) is 6.52. The van der Waals surface area contributed by atoms with Crippen molar-refractivity contribution in [2.24, 2.45) is 0 Å². The number of carbonyl (C=O) groups excluding carboxylic acids is 1. The number of halogens is 1. The quantitative estimate of drug-likeness (QED) is 0.724. The number of anilines is 1. The lowest BCUT2D eigenvalue weighted by molar-refractivity contribution is -0.149. The number of fused-ring (bicyclic) bond motifs is 1. The summed E-state index contributed by atoms with van der Waals surface area (Å²) in [6.07, 6.45) is 0. The van der Waals surface area contributed by atoms with Crippen molar-refractivity contribution in [1.82, 2.24) is 19.8 Å². The van der Waals surface area contributed by atoms with Gasteiger partial charge in [0, 0.05) is 50.7 Å². The molecule has 0 aliphatic carbocycles. The van der Waals surface area contributed by atoms with Gasteiger partial charge in [0.05, 0.1) is 23.4 Å². The summed E-state index contributed by atoms with van der Waals surface area (Å²) in [4.78, 5) is 28.6. The van der Waals surface area contributed by atoms with E-state index in [0.717, 1.165) is 48.8 Å². The lowest BCUT2D eigenvalue weighted by atomic mass is 10.1. The van der Waals surface area contributed by atoms with Gasteiger partial charge in [-0.3, -0.25) is 9.69 Å².